The van der Waals surface area contributed by atoms with Gasteiger partial charge in [-0.25, -0.2) is 0 Å². The molecule has 1 heterocycles. The molecule has 0 aliphatic carbocycles. The first-order valence-corrected chi connectivity index (χ1v) is 10.2. The lowest BCUT2D eigenvalue weighted by Gasteiger charge is -2.38. The topological polar surface area (TPSA) is 61.7 Å². The third kappa shape index (κ3) is 4.11. The molecule has 1 fully saturated rings. The zero-order valence-electron chi connectivity index (χ0n) is 13.9. The lowest BCUT2D eigenvalue weighted by atomic mass is 10.1. The van der Waals surface area contributed by atoms with Crippen LogP contribution in [0.2, 0.25) is 0 Å². The van der Waals surface area contributed by atoms with Gasteiger partial charge in [0, 0.05) is 6.54 Å². The molecular formula is C19H25NO3S. The Kier molecular flexibility index (Phi) is 5.46. The molecule has 0 amide bonds. The molecule has 2 aromatic carbocycles. The van der Waals surface area contributed by atoms with E-state index in [0.29, 0.717) is 12.3 Å². The molecule has 0 bridgehead atoms. The number of hydrogen-bond donors (Lipinski definition) is 3. The van der Waals surface area contributed by atoms with E-state index in [0.717, 1.165) is 36.4 Å². The normalized spacial score (nSPS) is 21.7. The van der Waals surface area contributed by atoms with Gasteiger partial charge in [0.2, 0.25) is 0 Å². The fourth-order valence-electron chi connectivity index (χ4n) is 2.98. The summed E-state index contributed by atoms with van der Waals surface area (Å²) in [6.45, 7) is 3.60. The molecule has 3 N–H and O–H groups in total. The van der Waals surface area contributed by atoms with Crippen LogP contribution in [0.3, 0.4) is 0 Å². The lowest BCUT2D eigenvalue weighted by Crippen LogP contribution is -2.17. The second-order valence-corrected chi connectivity index (χ2v) is 8.53. The average Bonchev–Trinajstić information content (AvgIpc) is 2.77. The van der Waals surface area contributed by atoms with Gasteiger partial charge >= 0.3 is 0 Å². The average molecular weight is 347 g/mol. The van der Waals surface area contributed by atoms with E-state index in [1.165, 1.54) is 5.56 Å². The Bertz CT molecular complexity index is 655. The molecule has 1 unspecified atom stereocenters. The van der Waals surface area contributed by atoms with Crippen LogP contribution in [0.15, 0.2) is 48.5 Å². The molecular weight excluding hydrogens is 322 g/mol. The minimum Gasteiger partial charge on any atom is -0.457 e. The Morgan fingerprint density at radius 1 is 1.00 bits per heavy atom. The van der Waals surface area contributed by atoms with Gasteiger partial charge in [-0.15, -0.1) is 0 Å². The Balaban J connectivity index is 1.72. The van der Waals surface area contributed by atoms with Gasteiger partial charge in [0.25, 0.3) is 0 Å². The minimum atomic E-state index is -2.60. The number of rotatable bonds is 4. The quantitative estimate of drug-likeness (QED) is 0.741. The van der Waals surface area contributed by atoms with Crippen molar-refractivity contribution in [2.24, 2.45) is 0 Å². The molecule has 0 spiro atoms. The monoisotopic (exact) mass is 347 g/mol. The summed E-state index contributed by atoms with van der Waals surface area (Å²) in [6, 6.07) is 15.8. The molecule has 1 aliphatic heterocycles. The van der Waals surface area contributed by atoms with Gasteiger partial charge < -0.3 is 10.1 Å². The number of ether oxygens (including phenoxy) is 1. The fraction of sp³-hybridized carbons (Fsp3) is 0.368. The van der Waals surface area contributed by atoms with Crippen LogP contribution in [0.5, 0.6) is 11.5 Å². The largest absolute Gasteiger partial charge is 0.457 e. The van der Waals surface area contributed by atoms with Crippen LogP contribution in [0.1, 0.15) is 29.7 Å². The van der Waals surface area contributed by atoms with Gasteiger partial charge in [-0.3, -0.25) is 9.11 Å². The van der Waals surface area contributed by atoms with Crippen LogP contribution in [0, 0.1) is 0 Å². The SMILES string of the molecule is CCc1ccc(Oc2ccc(C3CCNCCS3(O)O)cc2)cc1. The molecule has 1 aliphatic rings. The van der Waals surface area contributed by atoms with Crippen molar-refractivity contribution in [2.45, 2.75) is 25.0 Å². The van der Waals surface area contributed by atoms with E-state index in [4.69, 9.17) is 4.74 Å². The van der Waals surface area contributed by atoms with Crippen LogP contribution in [-0.4, -0.2) is 27.9 Å². The number of benzene rings is 2. The zero-order chi connectivity index (χ0) is 17.0. The highest BCUT2D eigenvalue weighted by Crippen LogP contribution is 2.55. The minimum absolute atomic E-state index is 0.203. The predicted molar refractivity (Wildman–Crippen MR) is 100 cm³/mol. The maximum Gasteiger partial charge on any atom is 0.127 e. The van der Waals surface area contributed by atoms with Gasteiger partial charge in [0.05, 0.1) is 11.0 Å². The van der Waals surface area contributed by atoms with Gasteiger partial charge in [0.1, 0.15) is 11.5 Å². The van der Waals surface area contributed by atoms with Crippen molar-refractivity contribution in [1.82, 2.24) is 5.32 Å². The fourth-order valence-corrected chi connectivity index (χ4v) is 4.79. The molecule has 0 saturated carbocycles. The first kappa shape index (κ1) is 17.3. The lowest BCUT2D eigenvalue weighted by molar-refractivity contribution is 0.470. The van der Waals surface area contributed by atoms with Gasteiger partial charge in [-0.2, -0.15) is 10.6 Å². The van der Waals surface area contributed by atoms with E-state index in [-0.39, 0.29) is 5.25 Å². The maximum absolute atomic E-state index is 10.4. The molecule has 4 nitrogen and oxygen atoms in total. The highest BCUT2D eigenvalue weighted by molar-refractivity contribution is 8.24. The third-order valence-corrected chi connectivity index (χ3v) is 6.66. The molecule has 1 saturated heterocycles. The summed E-state index contributed by atoms with van der Waals surface area (Å²) in [5.41, 5.74) is 2.25. The summed E-state index contributed by atoms with van der Waals surface area (Å²) in [4.78, 5) is 0. The first-order chi connectivity index (χ1) is 11.6. The van der Waals surface area contributed by atoms with E-state index in [1.807, 2.05) is 36.4 Å². The highest BCUT2D eigenvalue weighted by Gasteiger charge is 2.28. The van der Waals surface area contributed by atoms with Crippen molar-refractivity contribution >= 4 is 10.6 Å². The van der Waals surface area contributed by atoms with Crippen molar-refractivity contribution in [3.63, 3.8) is 0 Å². The van der Waals surface area contributed by atoms with Gasteiger partial charge in [0.15, 0.2) is 0 Å². The van der Waals surface area contributed by atoms with Crippen LogP contribution < -0.4 is 10.1 Å². The van der Waals surface area contributed by atoms with Crippen LogP contribution in [0.25, 0.3) is 0 Å². The summed E-state index contributed by atoms with van der Waals surface area (Å²) in [5, 5.41) is 3.03. The summed E-state index contributed by atoms with van der Waals surface area (Å²) in [5.74, 6) is 1.98. The van der Waals surface area contributed by atoms with E-state index in [2.05, 4.69) is 24.4 Å². The Labute approximate surface area is 145 Å². The van der Waals surface area contributed by atoms with Gasteiger partial charge in [-0.05, 0) is 54.8 Å². The summed E-state index contributed by atoms with van der Waals surface area (Å²) in [7, 11) is -2.60. The Hall–Kier alpha value is -1.53. The molecule has 1 atom stereocenters. The third-order valence-electron chi connectivity index (χ3n) is 4.44. The standard InChI is InChI=1S/C19H25NO3S/c1-2-15-3-7-17(8-4-15)23-18-9-5-16(6-10-18)19-11-12-20-13-14-24(19,21)22/h3-10,19-22H,2,11-14H2,1H3. The number of aryl methyl sites for hydroxylation is 1. The Morgan fingerprint density at radius 3 is 2.25 bits per heavy atom. The second-order valence-electron chi connectivity index (χ2n) is 6.12. The van der Waals surface area contributed by atoms with E-state index >= 15 is 0 Å². The zero-order valence-corrected chi connectivity index (χ0v) is 14.8. The van der Waals surface area contributed by atoms with E-state index in [9.17, 15) is 9.11 Å². The van der Waals surface area contributed by atoms with E-state index < -0.39 is 10.6 Å². The van der Waals surface area contributed by atoms with Crippen LogP contribution >= 0.6 is 10.6 Å². The molecule has 0 aromatic heterocycles. The van der Waals surface area contributed by atoms with Gasteiger partial charge in [-0.1, -0.05) is 31.2 Å². The van der Waals surface area contributed by atoms with Crippen molar-refractivity contribution in [3.8, 4) is 11.5 Å². The molecule has 3 rings (SSSR count). The predicted octanol–water partition coefficient (Wildman–Crippen LogP) is 4.83. The van der Waals surface area contributed by atoms with Crippen LogP contribution in [-0.2, 0) is 6.42 Å². The molecule has 24 heavy (non-hydrogen) atoms. The summed E-state index contributed by atoms with van der Waals surface area (Å²) < 4.78 is 26.6. The molecule has 0 radical (unpaired) electrons. The molecule has 5 heteroatoms. The number of hydrogen-bond acceptors (Lipinski definition) is 4. The second kappa shape index (κ2) is 7.57. The summed E-state index contributed by atoms with van der Waals surface area (Å²) >= 11 is 0. The van der Waals surface area contributed by atoms with Crippen molar-refractivity contribution in [2.75, 3.05) is 18.8 Å². The molecule has 130 valence electrons. The Morgan fingerprint density at radius 2 is 1.62 bits per heavy atom. The molecule has 2 aromatic rings. The van der Waals surface area contributed by atoms with Crippen molar-refractivity contribution < 1.29 is 13.8 Å². The number of nitrogens with one attached hydrogen (secondary N) is 1. The van der Waals surface area contributed by atoms with E-state index in [1.54, 1.807) is 0 Å². The van der Waals surface area contributed by atoms with Crippen molar-refractivity contribution in [1.29, 1.82) is 0 Å². The maximum atomic E-state index is 10.4. The summed E-state index contributed by atoms with van der Waals surface area (Å²) in [6.07, 6.45) is 1.75. The van der Waals surface area contributed by atoms with Crippen LogP contribution in [0.4, 0.5) is 0 Å². The smallest absolute Gasteiger partial charge is 0.127 e. The first-order valence-electron chi connectivity index (χ1n) is 8.41. The van der Waals surface area contributed by atoms with Crippen molar-refractivity contribution in [3.05, 3.63) is 59.7 Å². The highest BCUT2D eigenvalue weighted by atomic mass is 32.3.